The number of hydrogen-bond donors (Lipinski definition) is 1. The van der Waals surface area contributed by atoms with Crippen LogP contribution in [0.4, 0.5) is 0 Å². The van der Waals surface area contributed by atoms with Crippen molar-refractivity contribution in [2.45, 2.75) is 121 Å². The van der Waals surface area contributed by atoms with Gasteiger partial charge < -0.3 is 0 Å². The van der Waals surface area contributed by atoms with Crippen LogP contribution < -0.4 is 0 Å². The van der Waals surface area contributed by atoms with Crippen LogP contribution in [0.15, 0.2) is 35.2 Å². The summed E-state index contributed by atoms with van der Waals surface area (Å²) in [6, 6.07) is 9.73. The maximum atomic E-state index is 12.5. The van der Waals surface area contributed by atoms with Gasteiger partial charge in [0.15, 0.2) is 0 Å². The SMILES string of the molecule is CCCCCCCCCc1cc2ccccc2c(S(=O)(=O)O)c1CCCCCCCCC.[Li]. The van der Waals surface area contributed by atoms with Gasteiger partial charge in [0, 0.05) is 24.2 Å². The Balaban J connectivity index is 0.00000544. The molecule has 0 fully saturated rings. The van der Waals surface area contributed by atoms with Crippen LogP contribution in [0.25, 0.3) is 10.8 Å². The Morgan fingerprint density at radius 3 is 1.73 bits per heavy atom. The van der Waals surface area contributed by atoms with Gasteiger partial charge in [-0.2, -0.15) is 8.42 Å². The molecule has 2 rings (SSSR count). The molecule has 181 valence electrons. The van der Waals surface area contributed by atoms with Crippen LogP contribution in [0.3, 0.4) is 0 Å². The third kappa shape index (κ3) is 10.6. The van der Waals surface area contributed by atoms with Crippen LogP contribution in [-0.2, 0) is 23.0 Å². The average Bonchev–Trinajstić information content (AvgIpc) is 2.76. The van der Waals surface area contributed by atoms with Gasteiger partial charge in [-0.3, -0.25) is 4.55 Å². The summed E-state index contributed by atoms with van der Waals surface area (Å²) in [4.78, 5) is 0.152. The molecule has 0 spiro atoms. The minimum absolute atomic E-state index is 0. The molecule has 2 aromatic carbocycles. The molecule has 2 aromatic rings. The van der Waals surface area contributed by atoms with Crippen molar-refractivity contribution in [3.63, 3.8) is 0 Å². The van der Waals surface area contributed by atoms with E-state index in [9.17, 15) is 13.0 Å². The average molecular weight is 468 g/mol. The van der Waals surface area contributed by atoms with Gasteiger partial charge in [0.1, 0.15) is 4.90 Å². The molecule has 3 nitrogen and oxygen atoms in total. The van der Waals surface area contributed by atoms with Crippen molar-refractivity contribution < 1.29 is 13.0 Å². The molecule has 0 amide bonds. The van der Waals surface area contributed by atoms with E-state index in [1.54, 1.807) is 0 Å². The summed E-state index contributed by atoms with van der Waals surface area (Å²) >= 11 is 0. The van der Waals surface area contributed by atoms with Crippen molar-refractivity contribution in [3.8, 4) is 0 Å². The Morgan fingerprint density at radius 1 is 0.697 bits per heavy atom. The molecule has 0 aliphatic rings. The van der Waals surface area contributed by atoms with Crippen LogP contribution in [0.5, 0.6) is 0 Å². The number of aryl methyl sites for hydroxylation is 1. The Kier molecular flexibility index (Phi) is 15.4. The molecule has 1 radical (unpaired) electrons. The molecule has 0 atom stereocenters. The van der Waals surface area contributed by atoms with Gasteiger partial charge in [0.25, 0.3) is 10.1 Å². The van der Waals surface area contributed by atoms with Crippen molar-refractivity contribution in [2.75, 3.05) is 0 Å². The maximum Gasteiger partial charge on any atom is 0.295 e. The summed E-state index contributed by atoms with van der Waals surface area (Å²) in [6.07, 6.45) is 18.6. The summed E-state index contributed by atoms with van der Waals surface area (Å²) in [7, 11) is -4.28. The van der Waals surface area contributed by atoms with Crippen LogP contribution in [0, 0.1) is 0 Å². The van der Waals surface area contributed by atoms with E-state index in [2.05, 4.69) is 19.9 Å². The van der Waals surface area contributed by atoms with Crippen molar-refractivity contribution in [1.29, 1.82) is 0 Å². The van der Waals surface area contributed by atoms with Gasteiger partial charge in [-0.05, 0) is 42.2 Å². The molecule has 0 aromatic heterocycles. The Labute approximate surface area is 215 Å². The topological polar surface area (TPSA) is 54.4 Å². The predicted octanol–water partition coefficient (Wildman–Crippen LogP) is 8.29. The molecular weight excluding hydrogens is 423 g/mol. The summed E-state index contributed by atoms with van der Waals surface area (Å²) in [6.45, 7) is 4.46. The van der Waals surface area contributed by atoms with E-state index in [4.69, 9.17) is 0 Å². The predicted molar refractivity (Wildman–Crippen MR) is 143 cm³/mol. The third-order valence-corrected chi connectivity index (χ3v) is 7.52. The van der Waals surface area contributed by atoms with Crippen LogP contribution in [0.1, 0.15) is 115 Å². The van der Waals surface area contributed by atoms with E-state index in [1.807, 2.05) is 24.3 Å². The first-order valence-electron chi connectivity index (χ1n) is 13.0. The normalized spacial score (nSPS) is 11.6. The molecule has 0 bridgehead atoms. The molecule has 0 unspecified atom stereocenters. The van der Waals surface area contributed by atoms with Crippen molar-refractivity contribution in [3.05, 3.63) is 41.5 Å². The van der Waals surface area contributed by atoms with Gasteiger partial charge in [-0.15, -0.1) is 0 Å². The van der Waals surface area contributed by atoms with Gasteiger partial charge in [-0.25, -0.2) is 0 Å². The first-order valence-corrected chi connectivity index (χ1v) is 14.4. The first kappa shape index (κ1) is 30.2. The fraction of sp³-hybridized carbons (Fsp3) is 0.643. The van der Waals surface area contributed by atoms with E-state index in [-0.39, 0.29) is 23.8 Å². The van der Waals surface area contributed by atoms with Crippen molar-refractivity contribution in [2.24, 2.45) is 0 Å². The molecule has 0 saturated heterocycles. The van der Waals surface area contributed by atoms with Crippen LogP contribution in [-0.4, -0.2) is 31.8 Å². The number of rotatable bonds is 17. The zero-order chi connectivity index (χ0) is 23.2. The minimum atomic E-state index is -4.28. The minimum Gasteiger partial charge on any atom is -0.282 e. The second-order valence-corrected chi connectivity index (χ2v) is 10.6. The second-order valence-electron chi connectivity index (χ2n) is 9.28. The molecule has 0 aliphatic heterocycles. The summed E-state index contributed by atoms with van der Waals surface area (Å²) < 4.78 is 35.1. The number of unbranched alkanes of at least 4 members (excludes halogenated alkanes) is 12. The van der Waals surface area contributed by atoms with E-state index in [0.29, 0.717) is 5.39 Å². The zero-order valence-corrected chi connectivity index (χ0v) is 22.2. The van der Waals surface area contributed by atoms with E-state index in [0.717, 1.165) is 48.6 Å². The fourth-order valence-corrected chi connectivity index (χ4v) is 5.74. The van der Waals surface area contributed by atoms with Crippen LogP contribution >= 0.6 is 0 Å². The number of fused-ring (bicyclic) bond motifs is 1. The van der Waals surface area contributed by atoms with Gasteiger partial charge in [0.05, 0.1) is 0 Å². The quantitative estimate of drug-likeness (QED) is 0.145. The van der Waals surface area contributed by atoms with Crippen molar-refractivity contribution in [1.82, 2.24) is 0 Å². The van der Waals surface area contributed by atoms with Gasteiger partial charge in [0.2, 0.25) is 0 Å². The molecule has 1 N–H and O–H groups in total. The van der Waals surface area contributed by atoms with Crippen molar-refractivity contribution >= 4 is 39.8 Å². The number of hydrogen-bond acceptors (Lipinski definition) is 2. The summed E-state index contributed by atoms with van der Waals surface area (Å²) in [5.41, 5.74) is 1.96. The number of benzene rings is 2. The van der Waals surface area contributed by atoms with Crippen LogP contribution in [0.2, 0.25) is 0 Å². The smallest absolute Gasteiger partial charge is 0.282 e. The Hall–Kier alpha value is -0.793. The molecule has 5 heteroatoms. The zero-order valence-electron chi connectivity index (χ0n) is 21.4. The monoisotopic (exact) mass is 467 g/mol. The molecular formula is C28H44LiO3S. The summed E-state index contributed by atoms with van der Waals surface area (Å²) in [5.74, 6) is 0. The third-order valence-electron chi connectivity index (χ3n) is 6.53. The van der Waals surface area contributed by atoms with E-state index < -0.39 is 10.1 Å². The molecule has 33 heavy (non-hydrogen) atoms. The fourth-order valence-electron chi connectivity index (χ4n) is 4.74. The first-order chi connectivity index (χ1) is 15.5. The Morgan fingerprint density at radius 2 is 1.18 bits per heavy atom. The second kappa shape index (κ2) is 16.8. The van der Waals surface area contributed by atoms with E-state index in [1.165, 1.54) is 70.6 Å². The molecule has 0 aliphatic carbocycles. The standard InChI is InChI=1S/C28H44O3S.Li/c1-3-5-7-9-11-13-15-19-24-23-25-20-17-18-22-27(25)28(32(29,30)31)26(24)21-16-14-12-10-8-6-4-2;/h17-18,20,22-23H,3-16,19,21H2,1-2H3,(H,29,30,31);. The largest absolute Gasteiger partial charge is 0.295 e. The van der Waals surface area contributed by atoms with Gasteiger partial charge >= 0.3 is 0 Å². The maximum absolute atomic E-state index is 12.5. The molecule has 0 heterocycles. The Bertz CT molecular complexity index is 909. The van der Waals surface area contributed by atoms with Gasteiger partial charge in [-0.1, -0.05) is 121 Å². The molecule has 0 saturated carbocycles. The summed E-state index contributed by atoms with van der Waals surface area (Å²) in [5, 5.41) is 1.55. The van der Waals surface area contributed by atoms with E-state index >= 15 is 0 Å².